The zero-order valence-corrected chi connectivity index (χ0v) is 25.2. The van der Waals surface area contributed by atoms with Gasteiger partial charge in [-0.05, 0) is 78.6 Å². The summed E-state index contributed by atoms with van der Waals surface area (Å²) in [7, 11) is 6.26. The molecule has 0 amide bonds. The Bertz CT molecular complexity index is 1380. The average Bonchev–Trinajstić information content (AvgIpc) is 3.05. The molecule has 4 aliphatic rings. The Morgan fingerprint density at radius 3 is 2.42 bits per heavy atom. The Kier molecular flexibility index (Phi) is 8.50. The molecule has 6 unspecified atom stereocenters. The van der Waals surface area contributed by atoms with E-state index >= 15 is 0 Å². The Hall–Kier alpha value is -3.76. The van der Waals surface area contributed by atoms with Crippen LogP contribution in [0.3, 0.4) is 0 Å². The van der Waals surface area contributed by atoms with Crippen LogP contribution in [0, 0.1) is 17.8 Å². The second-order valence-electron chi connectivity index (χ2n) is 11.7. The van der Waals surface area contributed by atoms with E-state index in [1.165, 1.54) is 23.8 Å². The lowest BCUT2D eigenvalue weighted by atomic mass is 9.63. The molecule has 3 aliphatic heterocycles. The smallest absolute Gasteiger partial charge is 0.344 e. The molecular formula is C33H40N2O8. The molecule has 1 N–H and O–H groups in total. The van der Waals surface area contributed by atoms with Crippen LogP contribution >= 0.6 is 0 Å². The monoisotopic (exact) mass is 592 g/mol. The summed E-state index contributed by atoms with van der Waals surface area (Å²) in [6, 6.07) is 13.4. The normalized spacial score (nSPS) is 27.8. The summed E-state index contributed by atoms with van der Waals surface area (Å²) >= 11 is 0. The van der Waals surface area contributed by atoms with Crippen LogP contribution in [-0.4, -0.2) is 89.8 Å². The Balaban J connectivity index is 1.20. The number of fused-ring (bicyclic) bond motifs is 5. The number of anilines is 1. The number of nitrogens with one attached hydrogen (secondary N) is 1. The largest absolute Gasteiger partial charge is 0.497 e. The minimum atomic E-state index is -0.611. The maximum absolute atomic E-state index is 13.3. The number of benzene rings is 2. The minimum Gasteiger partial charge on any atom is -0.497 e. The lowest BCUT2D eigenvalue weighted by Crippen LogP contribution is -2.60. The summed E-state index contributed by atoms with van der Waals surface area (Å²) in [6.07, 6.45) is 1.20. The fourth-order valence-electron chi connectivity index (χ4n) is 7.64. The highest BCUT2D eigenvalue weighted by atomic mass is 16.6. The van der Waals surface area contributed by atoms with Gasteiger partial charge in [0.05, 0.1) is 27.2 Å². The van der Waals surface area contributed by atoms with Gasteiger partial charge in [-0.15, -0.1) is 0 Å². The van der Waals surface area contributed by atoms with Gasteiger partial charge in [-0.2, -0.15) is 0 Å². The lowest BCUT2D eigenvalue weighted by Gasteiger charge is -2.54. The Labute approximate surface area is 252 Å². The van der Waals surface area contributed by atoms with Crippen molar-refractivity contribution in [1.82, 2.24) is 4.90 Å². The van der Waals surface area contributed by atoms with Crippen LogP contribution in [0.25, 0.3) is 5.57 Å². The number of esters is 2. The topological polar surface area (TPSA) is 105 Å². The molecule has 0 aromatic heterocycles. The van der Waals surface area contributed by atoms with Gasteiger partial charge in [0.1, 0.15) is 29.5 Å². The first-order chi connectivity index (χ1) is 20.9. The molecule has 6 atom stereocenters. The van der Waals surface area contributed by atoms with Crippen LogP contribution in [0.1, 0.15) is 24.8 Å². The maximum atomic E-state index is 13.3. The number of piperidine rings is 1. The molecule has 2 aromatic rings. The Morgan fingerprint density at radius 1 is 0.953 bits per heavy atom. The summed E-state index contributed by atoms with van der Waals surface area (Å²) in [5, 5.41) is 3.61. The molecule has 6 rings (SSSR count). The van der Waals surface area contributed by atoms with Crippen molar-refractivity contribution in [2.24, 2.45) is 17.8 Å². The summed E-state index contributed by atoms with van der Waals surface area (Å²) in [6.45, 7) is 2.28. The predicted octanol–water partition coefficient (Wildman–Crippen LogP) is 3.79. The van der Waals surface area contributed by atoms with Crippen molar-refractivity contribution < 1.29 is 38.0 Å². The highest BCUT2D eigenvalue weighted by molar-refractivity contribution is 5.84. The van der Waals surface area contributed by atoms with Crippen molar-refractivity contribution >= 4 is 23.2 Å². The highest BCUT2D eigenvalue weighted by Gasteiger charge is 2.54. The molecule has 1 saturated carbocycles. The summed E-state index contributed by atoms with van der Waals surface area (Å²) in [5.74, 6) is 0.887. The van der Waals surface area contributed by atoms with Gasteiger partial charge < -0.3 is 33.7 Å². The highest BCUT2D eigenvalue weighted by Crippen LogP contribution is 2.49. The van der Waals surface area contributed by atoms with Crippen molar-refractivity contribution in [2.75, 3.05) is 60.0 Å². The number of rotatable bonds is 8. The first kappa shape index (κ1) is 29.3. The van der Waals surface area contributed by atoms with E-state index in [9.17, 15) is 9.59 Å². The van der Waals surface area contributed by atoms with Crippen LogP contribution in [-0.2, 0) is 23.8 Å². The van der Waals surface area contributed by atoms with Crippen LogP contribution in [0.5, 0.6) is 17.2 Å². The van der Waals surface area contributed by atoms with Gasteiger partial charge in [-0.1, -0.05) is 0 Å². The molecule has 1 saturated heterocycles. The summed E-state index contributed by atoms with van der Waals surface area (Å²) < 4.78 is 33.4. The van der Waals surface area contributed by atoms with E-state index in [2.05, 4.69) is 22.3 Å². The molecule has 10 heteroatoms. The molecule has 3 heterocycles. The summed E-state index contributed by atoms with van der Waals surface area (Å²) in [4.78, 5) is 28.8. The van der Waals surface area contributed by atoms with E-state index in [-0.39, 0.29) is 30.5 Å². The molecule has 2 fully saturated rings. The molecule has 43 heavy (non-hydrogen) atoms. The van der Waals surface area contributed by atoms with Gasteiger partial charge in [0.2, 0.25) is 0 Å². The molecule has 2 aromatic carbocycles. The fraction of sp³-hybridized carbons (Fsp3) is 0.515. The molecule has 0 spiro atoms. The molecule has 1 aliphatic carbocycles. The second kappa shape index (κ2) is 12.5. The van der Waals surface area contributed by atoms with Gasteiger partial charge in [0.15, 0.2) is 6.61 Å². The molecular weight excluding hydrogens is 552 g/mol. The van der Waals surface area contributed by atoms with Gasteiger partial charge in [0.25, 0.3) is 0 Å². The number of ether oxygens (including phenoxy) is 6. The average molecular weight is 593 g/mol. The third kappa shape index (κ3) is 5.65. The molecule has 0 radical (unpaired) electrons. The van der Waals surface area contributed by atoms with E-state index in [1.54, 1.807) is 45.6 Å². The summed E-state index contributed by atoms with van der Waals surface area (Å²) in [5.41, 5.74) is 5.12. The van der Waals surface area contributed by atoms with Crippen LogP contribution in [0.4, 0.5) is 5.69 Å². The Morgan fingerprint density at radius 2 is 1.70 bits per heavy atom. The van der Waals surface area contributed by atoms with E-state index in [4.69, 9.17) is 28.4 Å². The van der Waals surface area contributed by atoms with E-state index in [0.717, 1.165) is 43.9 Å². The number of carbonyl (C=O) groups is 2. The van der Waals surface area contributed by atoms with E-state index in [0.29, 0.717) is 17.9 Å². The van der Waals surface area contributed by atoms with Gasteiger partial charge >= 0.3 is 11.9 Å². The lowest BCUT2D eigenvalue weighted by molar-refractivity contribution is -0.189. The van der Waals surface area contributed by atoms with E-state index in [1.807, 2.05) is 6.07 Å². The van der Waals surface area contributed by atoms with Crippen molar-refractivity contribution in [3.8, 4) is 17.2 Å². The van der Waals surface area contributed by atoms with Gasteiger partial charge in [0, 0.05) is 50.1 Å². The second-order valence-corrected chi connectivity index (χ2v) is 11.7. The number of nitrogens with zero attached hydrogens (tertiary/aromatic N) is 1. The number of hydrogen-bond acceptors (Lipinski definition) is 10. The standard InChI is InChI=1S/C33H40N2O8/c1-38-20-5-7-21(8-6-20)42-18-30(36)43-29-13-19-17-35-12-11-23-24-10-9-22(39-2)14-27(24)34-16-26(23)28(35)15-25(19)31(32(29)40-3)33(37)41-4/h5-10,14,19,25,28-29,31-32,34H,11-13,15-18H2,1-4H3. The fourth-order valence-corrected chi connectivity index (χ4v) is 7.64. The number of carbonyl (C=O) groups excluding carboxylic acids is 2. The van der Waals surface area contributed by atoms with Crippen molar-refractivity contribution in [3.05, 3.63) is 53.6 Å². The van der Waals surface area contributed by atoms with Crippen LogP contribution in [0.15, 0.2) is 48.0 Å². The first-order valence-electron chi connectivity index (χ1n) is 14.9. The first-order valence-corrected chi connectivity index (χ1v) is 14.9. The van der Waals surface area contributed by atoms with E-state index < -0.39 is 24.1 Å². The maximum Gasteiger partial charge on any atom is 0.344 e. The van der Waals surface area contributed by atoms with Gasteiger partial charge in [-0.3, -0.25) is 9.69 Å². The molecule has 10 nitrogen and oxygen atoms in total. The quantitative estimate of drug-likeness (QED) is 0.456. The zero-order valence-electron chi connectivity index (χ0n) is 25.2. The van der Waals surface area contributed by atoms with Crippen molar-refractivity contribution in [2.45, 2.75) is 37.5 Å². The third-order valence-electron chi connectivity index (χ3n) is 9.63. The third-order valence-corrected chi connectivity index (χ3v) is 9.63. The van der Waals surface area contributed by atoms with Crippen LogP contribution in [0.2, 0.25) is 0 Å². The van der Waals surface area contributed by atoms with Crippen molar-refractivity contribution in [1.29, 1.82) is 0 Å². The SMILES string of the molecule is COC(=O)C1C2CC3C4=C(CCN3CC2CC(OC(=O)COc2ccc(OC)cc2)C1OC)c1ccc(OC)cc1NC4. The minimum absolute atomic E-state index is 0.0354. The zero-order chi connectivity index (χ0) is 30.1. The van der Waals surface area contributed by atoms with Gasteiger partial charge in [-0.25, -0.2) is 4.79 Å². The van der Waals surface area contributed by atoms with Crippen LogP contribution < -0.4 is 19.5 Å². The number of hydrogen-bond donors (Lipinski definition) is 1. The predicted molar refractivity (Wildman–Crippen MR) is 159 cm³/mol. The number of methoxy groups -OCH3 is 4. The molecule has 0 bridgehead atoms. The molecule has 230 valence electrons. The van der Waals surface area contributed by atoms with Crippen molar-refractivity contribution in [3.63, 3.8) is 0 Å².